The highest BCUT2D eigenvalue weighted by Gasteiger charge is 2.30. The fraction of sp³-hybridized carbons (Fsp3) is 0.500. The average Bonchev–Trinajstić information content (AvgIpc) is 2.42. The molecule has 3 nitrogen and oxygen atoms in total. The molecule has 20 heavy (non-hydrogen) atoms. The fourth-order valence-corrected chi connectivity index (χ4v) is 3.15. The Bertz CT molecular complexity index is 513. The standard InChI is InChI=1S/C14H16Cl3NO2/c15-9-4-5-10(16)12(17)11(9)13(19)18-8-14(20)6-2-1-3-7-14/h4-5,20H,1-3,6-8H2,(H,18,19). The van der Waals surface area contributed by atoms with Crippen LogP contribution in [0.4, 0.5) is 0 Å². The van der Waals surface area contributed by atoms with Crippen molar-refractivity contribution in [3.63, 3.8) is 0 Å². The summed E-state index contributed by atoms with van der Waals surface area (Å²) in [5, 5.41) is 13.7. The molecule has 1 fully saturated rings. The van der Waals surface area contributed by atoms with Crippen molar-refractivity contribution in [1.82, 2.24) is 5.32 Å². The summed E-state index contributed by atoms with van der Waals surface area (Å²) in [7, 11) is 0. The number of nitrogens with one attached hydrogen (secondary N) is 1. The third kappa shape index (κ3) is 3.59. The summed E-state index contributed by atoms with van der Waals surface area (Å²) in [6.07, 6.45) is 4.48. The van der Waals surface area contributed by atoms with E-state index in [0.717, 1.165) is 19.3 Å². The maximum Gasteiger partial charge on any atom is 0.254 e. The van der Waals surface area contributed by atoms with Crippen LogP contribution in [0.25, 0.3) is 0 Å². The Morgan fingerprint density at radius 1 is 1.15 bits per heavy atom. The van der Waals surface area contributed by atoms with Gasteiger partial charge in [-0.3, -0.25) is 4.79 Å². The molecule has 6 heteroatoms. The summed E-state index contributed by atoms with van der Waals surface area (Å²) in [4.78, 5) is 12.2. The predicted molar refractivity (Wildman–Crippen MR) is 81.8 cm³/mol. The van der Waals surface area contributed by atoms with Gasteiger partial charge in [0.25, 0.3) is 5.91 Å². The zero-order chi connectivity index (χ0) is 14.8. The van der Waals surface area contributed by atoms with E-state index >= 15 is 0 Å². The van der Waals surface area contributed by atoms with E-state index in [9.17, 15) is 9.90 Å². The number of benzene rings is 1. The van der Waals surface area contributed by atoms with Crippen LogP contribution in [0.5, 0.6) is 0 Å². The SMILES string of the molecule is O=C(NCC1(O)CCCCC1)c1c(Cl)ccc(Cl)c1Cl. The molecular weight excluding hydrogens is 321 g/mol. The van der Waals surface area contributed by atoms with Crippen LogP contribution in [0.2, 0.25) is 15.1 Å². The van der Waals surface area contributed by atoms with E-state index in [2.05, 4.69) is 5.32 Å². The molecule has 1 amide bonds. The fourth-order valence-electron chi connectivity index (χ4n) is 2.46. The minimum Gasteiger partial charge on any atom is -0.388 e. The first-order chi connectivity index (χ1) is 9.43. The lowest BCUT2D eigenvalue weighted by atomic mass is 9.85. The molecule has 0 unspecified atom stereocenters. The lowest BCUT2D eigenvalue weighted by molar-refractivity contribution is 0.00526. The smallest absolute Gasteiger partial charge is 0.254 e. The van der Waals surface area contributed by atoms with E-state index < -0.39 is 11.5 Å². The van der Waals surface area contributed by atoms with E-state index in [0.29, 0.717) is 12.8 Å². The Hall–Kier alpha value is -0.480. The van der Waals surface area contributed by atoms with Crippen LogP contribution in [0, 0.1) is 0 Å². The van der Waals surface area contributed by atoms with Gasteiger partial charge in [0.05, 0.1) is 26.2 Å². The highest BCUT2D eigenvalue weighted by atomic mass is 35.5. The first-order valence-electron chi connectivity index (χ1n) is 6.57. The molecule has 110 valence electrons. The lowest BCUT2D eigenvalue weighted by Gasteiger charge is -2.32. The largest absolute Gasteiger partial charge is 0.388 e. The number of hydrogen-bond donors (Lipinski definition) is 2. The number of halogens is 3. The molecule has 1 aromatic carbocycles. The van der Waals surface area contributed by atoms with E-state index in [1.165, 1.54) is 12.1 Å². The first-order valence-corrected chi connectivity index (χ1v) is 7.70. The molecule has 0 atom stereocenters. The second-order valence-corrected chi connectivity index (χ2v) is 6.38. The van der Waals surface area contributed by atoms with Crippen molar-refractivity contribution in [3.05, 3.63) is 32.8 Å². The molecule has 2 N–H and O–H groups in total. The Balaban J connectivity index is 2.07. The molecule has 0 bridgehead atoms. The second-order valence-electron chi connectivity index (χ2n) is 5.19. The third-order valence-corrected chi connectivity index (χ3v) is 4.75. The van der Waals surface area contributed by atoms with Crippen molar-refractivity contribution in [2.24, 2.45) is 0 Å². The third-order valence-electron chi connectivity index (χ3n) is 3.63. The summed E-state index contributed by atoms with van der Waals surface area (Å²) < 4.78 is 0. The average molecular weight is 337 g/mol. The van der Waals surface area contributed by atoms with Gasteiger partial charge < -0.3 is 10.4 Å². The van der Waals surface area contributed by atoms with Gasteiger partial charge in [0.1, 0.15) is 0 Å². The summed E-state index contributed by atoms with van der Waals surface area (Å²) >= 11 is 17.9. The molecule has 1 aromatic rings. The Kier molecular flexibility index (Phi) is 5.19. The van der Waals surface area contributed by atoms with Gasteiger partial charge in [-0.1, -0.05) is 54.1 Å². The predicted octanol–water partition coefficient (Wildman–Crippen LogP) is 4.07. The monoisotopic (exact) mass is 335 g/mol. The molecular formula is C14H16Cl3NO2. The molecule has 0 heterocycles. The van der Waals surface area contributed by atoms with Crippen molar-refractivity contribution in [1.29, 1.82) is 0 Å². The molecule has 1 aliphatic carbocycles. The minimum atomic E-state index is -0.828. The van der Waals surface area contributed by atoms with Crippen LogP contribution in [-0.2, 0) is 0 Å². The molecule has 0 aliphatic heterocycles. The Labute approximate surface area is 133 Å². The number of rotatable bonds is 3. The highest BCUT2D eigenvalue weighted by molar-refractivity contribution is 6.46. The van der Waals surface area contributed by atoms with Gasteiger partial charge in [-0.15, -0.1) is 0 Å². The highest BCUT2D eigenvalue weighted by Crippen LogP contribution is 2.32. The molecule has 0 radical (unpaired) electrons. The van der Waals surface area contributed by atoms with Gasteiger partial charge in [-0.05, 0) is 25.0 Å². The van der Waals surface area contributed by atoms with Gasteiger partial charge in [0.2, 0.25) is 0 Å². The Morgan fingerprint density at radius 2 is 1.75 bits per heavy atom. The number of aliphatic hydroxyl groups is 1. The van der Waals surface area contributed by atoms with Crippen LogP contribution in [-0.4, -0.2) is 23.2 Å². The topological polar surface area (TPSA) is 49.3 Å². The molecule has 2 rings (SSSR count). The van der Waals surface area contributed by atoms with Crippen LogP contribution in [0.1, 0.15) is 42.5 Å². The van der Waals surface area contributed by atoms with E-state index in [1.807, 2.05) is 0 Å². The van der Waals surface area contributed by atoms with Gasteiger partial charge in [0, 0.05) is 6.54 Å². The van der Waals surface area contributed by atoms with Gasteiger partial charge in [-0.2, -0.15) is 0 Å². The number of amides is 1. The van der Waals surface area contributed by atoms with Crippen molar-refractivity contribution in [2.75, 3.05) is 6.54 Å². The van der Waals surface area contributed by atoms with Crippen molar-refractivity contribution >= 4 is 40.7 Å². The minimum absolute atomic E-state index is 0.132. The summed E-state index contributed by atoms with van der Waals surface area (Å²) in [5.74, 6) is -0.415. The summed E-state index contributed by atoms with van der Waals surface area (Å²) in [6.45, 7) is 0.199. The lowest BCUT2D eigenvalue weighted by Crippen LogP contribution is -2.44. The maximum absolute atomic E-state index is 12.2. The number of carbonyl (C=O) groups is 1. The quantitative estimate of drug-likeness (QED) is 0.817. The maximum atomic E-state index is 12.2. The van der Waals surface area contributed by atoms with E-state index in [-0.39, 0.29) is 27.2 Å². The van der Waals surface area contributed by atoms with Crippen LogP contribution in [0.3, 0.4) is 0 Å². The van der Waals surface area contributed by atoms with Gasteiger partial charge in [0.15, 0.2) is 0 Å². The van der Waals surface area contributed by atoms with Crippen LogP contribution >= 0.6 is 34.8 Å². The Morgan fingerprint density at radius 3 is 2.40 bits per heavy atom. The summed E-state index contributed by atoms with van der Waals surface area (Å²) in [6, 6.07) is 3.07. The van der Waals surface area contributed by atoms with Gasteiger partial charge >= 0.3 is 0 Å². The number of carbonyl (C=O) groups excluding carboxylic acids is 1. The van der Waals surface area contributed by atoms with E-state index in [4.69, 9.17) is 34.8 Å². The van der Waals surface area contributed by atoms with Crippen molar-refractivity contribution in [2.45, 2.75) is 37.7 Å². The van der Waals surface area contributed by atoms with Crippen LogP contribution < -0.4 is 5.32 Å². The zero-order valence-electron chi connectivity index (χ0n) is 10.9. The molecule has 1 saturated carbocycles. The van der Waals surface area contributed by atoms with Crippen molar-refractivity contribution in [3.8, 4) is 0 Å². The normalized spacial score (nSPS) is 17.8. The first kappa shape index (κ1) is 15.9. The number of hydrogen-bond acceptors (Lipinski definition) is 2. The van der Waals surface area contributed by atoms with Crippen molar-refractivity contribution < 1.29 is 9.90 Å². The molecule has 0 aromatic heterocycles. The van der Waals surface area contributed by atoms with Crippen LogP contribution in [0.15, 0.2) is 12.1 Å². The summed E-state index contributed by atoms with van der Waals surface area (Å²) in [5.41, 5.74) is -0.675. The zero-order valence-corrected chi connectivity index (χ0v) is 13.2. The molecule has 0 spiro atoms. The molecule has 1 aliphatic rings. The molecule has 0 saturated heterocycles. The van der Waals surface area contributed by atoms with Gasteiger partial charge in [-0.25, -0.2) is 0 Å². The van der Waals surface area contributed by atoms with E-state index in [1.54, 1.807) is 0 Å². The second kappa shape index (κ2) is 6.52.